The molecule has 3 amide bonds. The maximum Gasteiger partial charge on any atom is 0.269 e. The molecule has 2 aromatic rings. The van der Waals surface area contributed by atoms with Crippen molar-refractivity contribution in [3.05, 3.63) is 46.7 Å². The molecule has 0 fully saturated rings. The van der Waals surface area contributed by atoms with E-state index in [2.05, 4.69) is 21.3 Å². The lowest BCUT2D eigenvalue weighted by atomic mass is 10.2. The summed E-state index contributed by atoms with van der Waals surface area (Å²) in [6.07, 6.45) is 0. The third kappa shape index (κ3) is 6.48. The molecule has 1 aromatic heterocycles. The Bertz CT molecular complexity index is 763. The van der Waals surface area contributed by atoms with Crippen molar-refractivity contribution in [2.75, 3.05) is 16.8 Å². The minimum absolute atomic E-state index is 0.00611. The topological polar surface area (TPSA) is 113 Å². The highest BCUT2D eigenvalue weighted by molar-refractivity contribution is 8.00. The van der Waals surface area contributed by atoms with Crippen molar-refractivity contribution >= 4 is 46.9 Å². The second-order valence-electron chi connectivity index (χ2n) is 4.87. The van der Waals surface area contributed by atoms with Gasteiger partial charge in [0.2, 0.25) is 11.8 Å². The van der Waals surface area contributed by atoms with E-state index in [-0.39, 0.29) is 17.4 Å². The average molecular weight is 383 g/mol. The highest BCUT2D eigenvalue weighted by Gasteiger charge is 2.10. The summed E-state index contributed by atoms with van der Waals surface area (Å²) in [7, 11) is 0. The highest BCUT2D eigenvalue weighted by atomic mass is 35.5. The number of thioether (sulfide) groups is 1. The molecule has 0 aliphatic rings. The molecule has 0 radical (unpaired) electrons. The van der Waals surface area contributed by atoms with Crippen LogP contribution in [0.1, 0.15) is 16.1 Å². The van der Waals surface area contributed by atoms with E-state index in [9.17, 15) is 14.4 Å². The number of hydrogen-bond acceptors (Lipinski definition) is 6. The Morgan fingerprint density at radius 1 is 1.12 bits per heavy atom. The van der Waals surface area contributed by atoms with Crippen molar-refractivity contribution in [1.82, 2.24) is 16.0 Å². The highest BCUT2D eigenvalue weighted by Crippen LogP contribution is 2.09. The van der Waals surface area contributed by atoms with Crippen molar-refractivity contribution in [3.8, 4) is 0 Å². The number of amides is 3. The van der Waals surface area contributed by atoms with Gasteiger partial charge in [-0.1, -0.05) is 16.8 Å². The number of halogens is 1. The molecule has 0 saturated carbocycles. The first-order chi connectivity index (χ1) is 11.9. The fourth-order valence-electron chi connectivity index (χ4n) is 1.68. The average Bonchev–Trinajstić information content (AvgIpc) is 2.98. The van der Waals surface area contributed by atoms with Crippen molar-refractivity contribution in [1.29, 1.82) is 0 Å². The Balaban J connectivity index is 1.64. The zero-order valence-corrected chi connectivity index (χ0v) is 14.7. The van der Waals surface area contributed by atoms with Crippen LogP contribution >= 0.6 is 23.4 Å². The largest absolute Gasteiger partial charge is 0.360 e. The SMILES string of the molecule is Cc1cc(NC(=O)CSCC(=O)NNC(=O)c2ccc(Cl)cc2)no1. The minimum Gasteiger partial charge on any atom is -0.360 e. The number of benzene rings is 1. The molecule has 3 N–H and O–H groups in total. The Kier molecular flexibility index (Phi) is 6.84. The van der Waals surface area contributed by atoms with Gasteiger partial charge in [0, 0.05) is 16.7 Å². The lowest BCUT2D eigenvalue weighted by Gasteiger charge is -2.07. The summed E-state index contributed by atoms with van der Waals surface area (Å²) in [6, 6.07) is 7.80. The molecule has 0 spiro atoms. The van der Waals surface area contributed by atoms with Crippen molar-refractivity contribution in [2.24, 2.45) is 0 Å². The molecule has 1 heterocycles. The van der Waals surface area contributed by atoms with Crippen LogP contribution in [0, 0.1) is 6.92 Å². The first-order valence-electron chi connectivity index (χ1n) is 7.09. The molecule has 0 aliphatic heterocycles. The third-order valence-electron chi connectivity index (χ3n) is 2.78. The van der Waals surface area contributed by atoms with Gasteiger partial charge in [0.25, 0.3) is 5.91 Å². The first-order valence-corrected chi connectivity index (χ1v) is 8.63. The molecule has 0 saturated heterocycles. The van der Waals surface area contributed by atoms with Crippen molar-refractivity contribution < 1.29 is 18.9 Å². The van der Waals surface area contributed by atoms with Gasteiger partial charge >= 0.3 is 0 Å². The predicted molar refractivity (Wildman–Crippen MR) is 94.3 cm³/mol. The number of nitrogens with zero attached hydrogens (tertiary/aromatic N) is 1. The Hall–Kier alpha value is -2.52. The number of carbonyl (C=O) groups is 3. The van der Waals surface area contributed by atoms with Crippen LogP contribution in [0.15, 0.2) is 34.9 Å². The van der Waals surface area contributed by atoms with Crippen LogP contribution in [-0.4, -0.2) is 34.4 Å². The van der Waals surface area contributed by atoms with Crippen LogP contribution in [0.4, 0.5) is 5.82 Å². The van der Waals surface area contributed by atoms with Gasteiger partial charge in [-0.2, -0.15) is 0 Å². The molecule has 132 valence electrons. The molecular weight excluding hydrogens is 368 g/mol. The van der Waals surface area contributed by atoms with Gasteiger partial charge in [0.05, 0.1) is 11.5 Å². The number of aryl methyl sites for hydroxylation is 1. The minimum atomic E-state index is -0.464. The Labute approximate surface area is 152 Å². The lowest BCUT2D eigenvalue weighted by molar-refractivity contribution is -0.119. The summed E-state index contributed by atoms with van der Waals surface area (Å²) in [6.45, 7) is 1.71. The standard InChI is InChI=1S/C15H15ClN4O4S/c1-9-6-12(20-24-9)17-13(21)7-25-8-14(22)18-19-15(23)10-2-4-11(16)5-3-10/h2-6H,7-8H2,1H3,(H,18,22)(H,19,23)(H,17,20,21). The fourth-order valence-corrected chi connectivity index (χ4v) is 2.42. The van der Waals surface area contributed by atoms with Gasteiger partial charge < -0.3 is 9.84 Å². The molecule has 0 bridgehead atoms. The van der Waals surface area contributed by atoms with Crippen LogP contribution in [0.3, 0.4) is 0 Å². The van der Waals surface area contributed by atoms with Gasteiger partial charge in [-0.25, -0.2) is 0 Å². The van der Waals surface area contributed by atoms with Crippen LogP contribution in [0.5, 0.6) is 0 Å². The molecule has 0 unspecified atom stereocenters. The van der Waals surface area contributed by atoms with Crippen LogP contribution < -0.4 is 16.2 Å². The van der Waals surface area contributed by atoms with E-state index in [0.29, 0.717) is 22.2 Å². The lowest BCUT2D eigenvalue weighted by Crippen LogP contribution is -2.42. The van der Waals surface area contributed by atoms with Gasteiger partial charge in [0.15, 0.2) is 5.82 Å². The van der Waals surface area contributed by atoms with Gasteiger partial charge in [-0.15, -0.1) is 11.8 Å². The number of anilines is 1. The van der Waals surface area contributed by atoms with Crippen LogP contribution in [0.25, 0.3) is 0 Å². The third-order valence-corrected chi connectivity index (χ3v) is 3.97. The summed E-state index contributed by atoms with van der Waals surface area (Å²) in [4.78, 5) is 35.1. The Morgan fingerprint density at radius 3 is 2.44 bits per heavy atom. The van der Waals surface area contributed by atoms with Crippen molar-refractivity contribution in [2.45, 2.75) is 6.92 Å². The van der Waals surface area contributed by atoms with Gasteiger partial charge in [-0.05, 0) is 31.2 Å². The van der Waals surface area contributed by atoms with E-state index in [1.807, 2.05) is 0 Å². The number of carbonyl (C=O) groups excluding carboxylic acids is 3. The predicted octanol–water partition coefficient (Wildman–Crippen LogP) is 1.77. The molecule has 25 heavy (non-hydrogen) atoms. The summed E-state index contributed by atoms with van der Waals surface area (Å²) in [5, 5.41) is 6.68. The van der Waals surface area contributed by atoms with Gasteiger partial charge in [0.1, 0.15) is 5.76 Å². The molecule has 2 rings (SSSR count). The second kappa shape index (κ2) is 9.09. The first kappa shape index (κ1) is 18.8. The van der Waals surface area contributed by atoms with E-state index in [4.69, 9.17) is 16.1 Å². The smallest absolute Gasteiger partial charge is 0.269 e. The zero-order chi connectivity index (χ0) is 18.2. The number of aromatic nitrogens is 1. The second-order valence-corrected chi connectivity index (χ2v) is 6.30. The number of nitrogens with one attached hydrogen (secondary N) is 3. The quantitative estimate of drug-likeness (QED) is 0.656. The molecule has 0 aliphatic carbocycles. The van der Waals surface area contributed by atoms with E-state index in [1.54, 1.807) is 25.1 Å². The van der Waals surface area contributed by atoms with Crippen molar-refractivity contribution in [3.63, 3.8) is 0 Å². The molecule has 0 atom stereocenters. The van der Waals surface area contributed by atoms with E-state index >= 15 is 0 Å². The number of hydrogen-bond donors (Lipinski definition) is 3. The number of rotatable bonds is 6. The monoisotopic (exact) mass is 382 g/mol. The Morgan fingerprint density at radius 2 is 1.80 bits per heavy atom. The van der Waals surface area contributed by atoms with E-state index in [0.717, 1.165) is 11.8 Å². The van der Waals surface area contributed by atoms with Crippen LogP contribution in [0.2, 0.25) is 5.02 Å². The maximum absolute atomic E-state index is 11.8. The molecule has 1 aromatic carbocycles. The summed E-state index contributed by atoms with van der Waals surface area (Å²) >= 11 is 6.83. The summed E-state index contributed by atoms with van der Waals surface area (Å²) < 4.78 is 4.82. The summed E-state index contributed by atoms with van der Waals surface area (Å²) in [5.41, 5.74) is 4.91. The van der Waals surface area contributed by atoms with E-state index < -0.39 is 11.8 Å². The molecule has 10 heteroatoms. The van der Waals surface area contributed by atoms with Crippen LogP contribution in [-0.2, 0) is 9.59 Å². The molecule has 8 nitrogen and oxygen atoms in total. The normalized spacial score (nSPS) is 10.2. The summed E-state index contributed by atoms with van der Waals surface area (Å²) in [5.74, 6) is -0.235. The zero-order valence-electron chi connectivity index (χ0n) is 13.2. The maximum atomic E-state index is 11.8. The van der Waals surface area contributed by atoms with E-state index in [1.165, 1.54) is 12.1 Å². The number of hydrazine groups is 1. The molecular formula is C15H15ClN4O4S. The van der Waals surface area contributed by atoms with Gasteiger partial charge in [-0.3, -0.25) is 25.2 Å². The fraction of sp³-hybridized carbons (Fsp3) is 0.200.